The maximum atomic E-state index is 12.0. The molecule has 0 bridgehead atoms. The first-order valence-corrected chi connectivity index (χ1v) is 6.51. The number of unbranched alkanes of at least 4 members (excludes halogenated alkanes) is 1. The van der Waals surface area contributed by atoms with E-state index in [9.17, 15) is 4.79 Å². The number of hydrogen-bond donors (Lipinski definition) is 1. The molecular formula is C14H20N2O3. The van der Waals surface area contributed by atoms with Crippen LogP contribution in [0.5, 0.6) is 11.5 Å². The van der Waals surface area contributed by atoms with Crippen LogP contribution in [-0.4, -0.2) is 33.2 Å². The molecular weight excluding hydrogens is 244 g/mol. The van der Waals surface area contributed by atoms with Gasteiger partial charge in [-0.25, -0.2) is 0 Å². The van der Waals surface area contributed by atoms with E-state index in [-0.39, 0.29) is 5.91 Å². The number of hydrogen-bond acceptors (Lipinski definition) is 4. The highest BCUT2D eigenvalue weighted by Gasteiger charge is 2.25. The molecule has 0 fully saturated rings. The number of carbonyl (C=O) groups excluding carboxylic acids is 1. The van der Waals surface area contributed by atoms with Crippen molar-refractivity contribution in [3.8, 4) is 11.5 Å². The Bertz CT molecular complexity index is 474. The molecule has 5 heteroatoms. The van der Waals surface area contributed by atoms with Crippen LogP contribution in [0.15, 0.2) is 12.1 Å². The van der Waals surface area contributed by atoms with Gasteiger partial charge in [-0.2, -0.15) is 0 Å². The Morgan fingerprint density at radius 1 is 1.26 bits per heavy atom. The van der Waals surface area contributed by atoms with Crippen LogP contribution in [0.3, 0.4) is 0 Å². The molecule has 0 saturated heterocycles. The fourth-order valence-electron chi connectivity index (χ4n) is 2.20. The molecule has 0 unspecified atom stereocenters. The van der Waals surface area contributed by atoms with Crippen molar-refractivity contribution in [3.05, 3.63) is 12.1 Å². The first kappa shape index (κ1) is 13.5. The van der Waals surface area contributed by atoms with Crippen LogP contribution in [0.25, 0.3) is 0 Å². The largest absolute Gasteiger partial charge is 0.493 e. The van der Waals surface area contributed by atoms with Gasteiger partial charge in [-0.15, -0.1) is 0 Å². The number of nitrogens with one attached hydrogen (secondary N) is 1. The van der Waals surface area contributed by atoms with E-state index in [1.54, 1.807) is 14.2 Å². The third kappa shape index (κ3) is 2.59. The summed E-state index contributed by atoms with van der Waals surface area (Å²) in [5.74, 6) is 1.39. The zero-order valence-electron chi connectivity index (χ0n) is 11.7. The van der Waals surface area contributed by atoms with Gasteiger partial charge in [-0.3, -0.25) is 4.79 Å². The second kappa shape index (κ2) is 5.82. The minimum atomic E-state index is 0.0909. The smallest absolute Gasteiger partial charge is 0.246 e. The van der Waals surface area contributed by atoms with Gasteiger partial charge in [0.05, 0.1) is 32.1 Å². The van der Waals surface area contributed by atoms with E-state index in [0.29, 0.717) is 18.0 Å². The van der Waals surface area contributed by atoms with Crippen LogP contribution >= 0.6 is 0 Å². The lowest BCUT2D eigenvalue weighted by Crippen LogP contribution is -2.40. The molecule has 1 aromatic carbocycles. The Kier molecular flexibility index (Phi) is 4.14. The number of fused-ring (bicyclic) bond motifs is 1. The Hall–Kier alpha value is -1.91. The van der Waals surface area contributed by atoms with Crippen molar-refractivity contribution < 1.29 is 14.3 Å². The van der Waals surface area contributed by atoms with Crippen LogP contribution in [0.2, 0.25) is 0 Å². The molecule has 1 amide bonds. The average molecular weight is 264 g/mol. The number of benzene rings is 1. The summed E-state index contributed by atoms with van der Waals surface area (Å²) in [6, 6.07) is 3.73. The molecule has 0 radical (unpaired) electrons. The van der Waals surface area contributed by atoms with Crippen molar-refractivity contribution in [3.63, 3.8) is 0 Å². The van der Waals surface area contributed by atoms with E-state index in [4.69, 9.17) is 9.47 Å². The van der Waals surface area contributed by atoms with Gasteiger partial charge in [0, 0.05) is 18.7 Å². The van der Waals surface area contributed by atoms with Crippen molar-refractivity contribution in [2.75, 3.05) is 37.5 Å². The zero-order valence-corrected chi connectivity index (χ0v) is 11.7. The molecule has 2 rings (SSSR count). The quantitative estimate of drug-likeness (QED) is 0.886. The number of nitrogens with zero attached hydrogens (tertiary/aromatic N) is 1. The topological polar surface area (TPSA) is 50.8 Å². The van der Waals surface area contributed by atoms with Gasteiger partial charge in [0.25, 0.3) is 0 Å². The molecule has 0 atom stereocenters. The molecule has 104 valence electrons. The normalized spacial score (nSPS) is 13.8. The van der Waals surface area contributed by atoms with E-state index in [2.05, 4.69) is 12.2 Å². The number of carbonyl (C=O) groups is 1. The maximum absolute atomic E-state index is 12.0. The van der Waals surface area contributed by atoms with Crippen LogP contribution in [-0.2, 0) is 4.79 Å². The van der Waals surface area contributed by atoms with Crippen molar-refractivity contribution in [2.45, 2.75) is 19.8 Å². The van der Waals surface area contributed by atoms with E-state index >= 15 is 0 Å². The van der Waals surface area contributed by atoms with Gasteiger partial charge < -0.3 is 19.7 Å². The molecule has 1 N–H and O–H groups in total. The average Bonchev–Trinajstić information content (AvgIpc) is 2.44. The predicted molar refractivity (Wildman–Crippen MR) is 75.3 cm³/mol. The van der Waals surface area contributed by atoms with E-state index in [1.165, 1.54) is 0 Å². The van der Waals surface area contributed by atoms with Gasteiger partial charge in [0.1, 0.15) is 0 Å². The van der Waals surface area contributed by atoms with Crippen LogP contribution in [0.4, 0.5) is 11.4 Å². The Balaban J connectivity index is 2.39. The van der Waals surface area contributed by atoms with Gasteiger partial charge in [-0.1, -0.05) is 13.3 Å². The predicted octanol–water partition coefficient (Wildman–Crippen LogP) is 2.26. The molecule has 1 aliphatic rings. The molecule has 0 aliphatic carbocycles. The van der Waals surface area contributed by atoms with Crippen molar-refractivity contribution in [1.29, 1.82) is 0 Å². The second-order valence-corrected chi connectivity index (χ2v) is 4.48. The summed E-state index contributed by atoms with van der Waals surface area (Å²) in [7, 11) is 3.20. The first-order valence-electron chi connectivity index (χ1n) is 6.51. The lowest BCUT2D eigenvalue weighted by Gasteiger charge is -2.31. The fraction of sp³-hybridized carbons (Fsp3) is 0.500. The second-order valence-electron chi connectivity index (χ2n) is 4.48. The first-order chi connectivity index (χ1) is 9.21. The fourth-order valence-corrected chi connectivity index (χ4v) is 2.20. The Morgan fingerprint density at radius 3 is 2.58 bits per heavy atom. The summed E-state index contributed by atoms with van der Waals surface area (Å²) in [4.78, 5) is 13.8. The van der Waals surface area contributed by atoms with Gasteiger partial charge in [0.2, 0.25) is 5.91 Å². The minimum Gasteiger partial charge on any atom is -0.493 e. The highest BCUT2D eigenvalue weighted by Crippen LogP contribution is 2.40. The standard InChI is InChI=1S/C14H20N2O3/c1-4-5-6-16-11-8-13(19-3)12(18-2)7-10(11)15-9-14(16)17/h7-8,15H,4-6,9H2,1-3H3. The lowest BCUT2D eigenvalue weighted by atomic mass is 10.1. The summed E-state index contributed by atoms with van der Waals surface area (Å²) in [5.41, 5.74) is 1.77. The highest BCUT2D eigenvalue weighted by molar-refractivity contribution is 6.03. The Labute approximate surface area is 113 Å². The number of methoxy groups -OCH3 is 2. The summed E-state index contributed by atoms with van der Waals surface area (Å²) in [6.07, 6.45) is 2.04. The summed E-state index contributed by atoms with van der Waals surface area (Å²) < 4.78 is 10.6. The van der Waals surface area contributed by atoms with Gasteiger partial charge in [-0.05, 0) is 6.42 Å². The van der Waals surface area contributed by atoms with E-state index < -0.39 is 0 Å². The lowest BCUT2D eigenvalue weighted by molar-refractivity contribution is -0.117. The molecule has 1 heterocycles. The number of rotatable bonds is 5. The van der Waals surface area contributed by atoms with Gasteiger partial charge in [0.15, 0.2) is 11.5 Å². The molecule has 0 spiro atoms. The maximum Gasteiger partial charge on any atom is 0.246 e. The van der Waals surface area contributed by atoms with Crippen molar-refractivity contribution in [1.82, 2.24) is 0 Å². The van der Waals surface area contributed by atoms with Crippen LogP contribution in [0, 0.1) is 0 Å². The van der Waals surface area contributed by atoms with Gasteiger partial charge >= 0.3 is 0 Å². The third-order valence-electron chi connectivity index (χ3n) is 3.26. The summed E-state index contributed by atoms with van der Waals surface area (Å²) >= 11 is 0. The monoisotopic (exact) mass is 264 g/mol. The van der Waals surface area contributed by atoms with Crippen molar-refractivity contribution in [2.24, 2.45) is 0 Å². The molecule has 5 nitrogen and oxygen atoms in total. The molecule has 1 aromatic rings. The highest BCUT2D eigenvalue weighted by atomic mass is 16.5. The van der Waals surface area contributed by atoms with E-state index in [1.807, 2.05) is 17.0 Å². The van der Waals surface area contributed by atoms with Crippen LogP contribution in [0.1, 0.15) is 19.8 Å². The van der Waals surface area contributed by atoms with E-state index in [0.717, 1.165) is 30.8 Å². The molecule has 19 heavy (non-hydrogen) atoms. The SMILES string of the molecule is CCCCN1C(=O)CNc2cc(OC)c(OC)cc21. The minimum absolute atomic E-state index is 0.0909. The number of amides is 1. The third-order valence-corrected chi connectivity index (χ3v) is 3.26. The summed E-state index contributed by atoms with van der Waals surface area (Å²) in [6.45, 7) is 3.17. The summed E-state index contributed by atoms with van der Waals surface area (Å²) in [5, 5.41) is 3.12. The number of anilines is 2. The molecule has 1 aliphatic heterocycles. The van der Waals surface area contributed by atoms with Crippen LogP contribution < -0.4 is 19.7 Å². The molecule has 0 aromatic heterocycles. The Morgan fingerprint density at radius 2 is 1.95 bits per heavy atom. The number of ether oxygens (including phenoxy) is 2. The van der Waals surface area contributed by atoms with Crippen molar-refractivity contribution >= 4 is 17.3 Å². The molecule has 0 saturated carbocycles. The zero-order chi connectivity index (χ0) is 13.8.